The Morgan fingerprint density at radius 3 is 2.71 bits per heavy atom. The zero-order valence-corrected chi connectivity index (χ0v) is 11.4. The molecule has 2 heterocycles. The predicted octanol–water partition coefficient (Wildman–Crippen LogP) is 3.71. The molecular weight excluding hydrogens is 260 g/mol. The molecule has 3 aromatic rings. The van der Waals surface area contributed by atoms with Gasteiger partial charge >= 0.3 is 0 Å². The molecule has 0 bridgehead atoms. The smallest absolute Gasteiger partial charge is 0.225 e. The van der Waals surface area contributed by atoms with Gasteiger partial charge in [-0.3, -0.25) is 9.78 Å². The number of anilines is 1. The molecule has 102 valence electrons. The lowest BCUT2D eigenvalue weighted by molar-refractivity contribution is -0.116. The van der Waals surface area contributed by atoms with E-state index in [0.717, 1.165) is 27.8 Å². The van der Waals surface area contributed by atoms with E-state index in [1.54, 1.807) is 0 Å². The van der Waals surface area contributed by atoms with Crippen LogP contribution in [0.25, 0.3) is 10.9 Å². The Kier molecular flexibility index (Phi) is 2.71. The molecule has 21 heavy (non-hydrogen) atoms. The first-order chi connectivity index (χ1) is 10.3. The number of amides is 1. The van der Waals surface area contributed by atoms with E-state index in [-0.39, 0.29) is 11.8 Å². The summed E-state index contributed by atoms with van der Waals surface area (Å²) in [4.78, 5) is 16.7. The monoisotopic (exact) mass is 274 g/mol. The minimum atomic E-state index is 0.0274. The van der Waals surface area contributed by atoms with Crippen LogP contribution in [0.15, 0.2) is 60.7 Å². The van der Waals surface area contributed by atoms with E-state index in [2.05, 4.69) is 17.4 Å². The third kappa shape index (κ3) is 2.07. The number of pyridine rings is 1. The van der Waals surface area contributed by atoms with Gasteiger partial charge in [-0.05, 0) is 23.8 Å². The highest BCUT2D eigenvalue weighted by Crippen LogP contribution is 2.36. The number of rotatable bonds is 1. The van der Waals surface area contributed by atoms with E-state index >= 15 is 0 Å². The summed E-state index contributed by atoms with van der Waals surface area (Å²) in [5.41, 5.74) is 3.96. The maximum Gasteiger partial charge on any atom is 0.225 e. The highest BCUT2D eigenvalue weighted by Gasteiger charge is 2.27. The van der Waals surface area contributed by atoms with Crippen LogP contribution in [0.3, 0.4) is 0 Å². The van der Waals surface area contributed by atoms with Gasteiger partial charge in [-0.2, -0.15) is 0 Å². The van der Waals surface area contributed by atoms with Crippen LogP contribution >= 0.6 is 0 Å². The molecule has 0 aliphatic carbocycles. The number of benzene rings is 2. The lowest BCUT2D eigenvalue weighted by atomic mass is 9.87. The fourth-order valence-corrected chi connectivity index (χ4v) is 2.95. The minimum absolute atomic E-state index is 0.0274. The summed E-state index contributed by atoms with van der Waals surface area (Å²) < 4.78 is 0. The fraction of sp³-hybridized carbons (Fsp3) is 0.111. The van der Waals surface area contributed by atoms with Crippen molar-refractivity contribution in [2.75, 3.05) is 5.32 Å². The van der Waals surface area contributed by atoms with Gasteiger partial charge in [-0.15, -0.1) is 0 Å². The maximum absolute atomic E-state index is 11.9. The number of aromatic nitrogens is 1. The van der Waals surface area contributed by atoms with E-state index in [4.69, 9.17) is 4.98 Å². The minimum Gasteiger partial charge on any atom is -0.326 e. The molecule has 0 fully saturated rings. The van der Waals surface area contributed by atoms with E-state index in [1.165, 1.54) is 0 Å². The average Bonchev–Trinajstić information content (AvgIpc) is 2.53. The summed E-state index contributed by atoms with van der Waals surface area (Å²) in [6, 6.07) is 20.1. The second kappa shape index (κ2) is 4.70. The summed E-state index contributed by atoms with van der Waals surface area (Å²) >= 11 is 0. The van der Waals surface area contributed by atoms with Crippen LogP contribution in [0.4, 0.5) is 5.69 Å². The van der Waals surface area contributed by atoms with Crippen molar-refractivity contribution in [3.05, 3.63) is 71.9 Å². The summed E-state index contributed by atoms with van der Waals surface area (Å²) in [5.74, 6) is 0.0771. The highest BCUT2D eigenvalue weighted by molar-refractivity contribution is 5.95. The Morgan fingerprint density at radius 2 is 1.76 bits per heavy atom. The number of carbonyl (C=O) groups excluding carboxylic acids is 1. The molecule has 1 N–H and O–H groups in total. The number of hydrogen-bond acceptors (Lipinski definition) is 2. The van der Waals surface area contributed by atoms with Crippen molar-refractivity contribution >= 4 is 22.5 Å². The van der Waals surface area contributed by atoms with Gasteiger partial charge in [0.15, 0.2) is 0 Å². The zero-order valence-electron chi connectivity index (χ0n) is 11.4. The third-order valence-corrected chi connectivity index (χ3v) is 3.98. The maximum atomic E-state index is 11.9. The molecule has 1 atom stereocenters. The molecule has 0 saturated carbocycles. The van der Waals surface area contributed by atoms with E-state index in [0.29, 0.717) is 6.42 Å². The Hall–Kier alpha value is -2.68. The molecular formula is C18H14N2O. The van der Waals surface area contributed by atoms with E-state index in [1.807, 2.05) is 48.5 Å². The SMILES string of the molecule is O=C1CC(c2ccc3ccccc3n2)c2ccccc2N1. The molecule has 2 aromatic carbocycles. The Morgan fingerprint density at radius 1 is 0.952 bits per heavy atom. The van der Waals surface area contributed by atoms with Gasteiger partial charge in [0, 0.05) is 29.1 Å². The second-order valence-electron chi connectivity index (χ2n) is 5.32. The number of para-hydroxylation sites is 2. The van der Waals surface area contributed by atoms with Gasteiger partial charge in [-0.1, -0.05) is 42.5 Å². The lowest BCUT2D eigenvalue weighted by Gasteiger charge is -2.25. The molecule has 4 rings (SSSR count). The number of fused-ring (bicyclic) bond motifs is 2. The van der Waals surface area contributed by atoms with Crippen molar-refractivity contribution in [2.24, 2.45) is 0 Å². The summed E-state index contributed by atoms with van der Waals surface area (Å²) in [6.07, 6.45) is 0.447. The number of nitrogens with zero attached hydrogens (tertiary/aromatic N) is 1. The standard InChI is InChI=1S/C18H14N2O/c21-18-11-14(13-6-2-4-8-16(13)20-18)17-10-9-12-5-1-3-7-15(12)19-17/h1-10,14H,11H2,(H,20,21). The molecule has 1 unspecified atom stereocenters. The fourth-order valence-electron chi connectivity index (χ4n) is 2.95. The average molecular weight is 274 g/mol. The van der Waals surface area contributed by atoms with Gasteiger partial charge in [0.1, 0.15) is 0 Å². The van der Waals surface area contributed by atoms with Crippen LogP contribution in [0, 0.1) is 0 Å². The Bertz CT molecular complexity index is 841. The first kappa shape index (κ1) is 12.1. The summed E-state index contributed by atoms with van der Waals surface area (Å²) in [7, 11) is 0. The van der Waals surface area contributed by atoms with E-state index in [9.17, 15) is 4.79 Å². The van der Waals surface area contributed by atoms with Crippen LogP contribution in [0.2, 0.25) is 0 Å². The van der Waals surface area contributed by atoms with Gasteiger partial charge in [0.05, 0.1) is 5.52 Å². The highest BCUT2D eigenvalue weighted by atomic mass is 16.1. The van der Waals surface area contributed by atoms with Gasteiger partial charge in [0.2, 0.25) is 5.91 Å². The van der Waals surface area contributed by atoms with Crippen LogP contribution in [0.1, 0.15) is 23.6 Å². The van der Waals surface area contributed by atoms with Crippen LogP contribution in [-0.2, 0) is 4.79 Å². The van der Waals surface area contributed by atoms with Crippen molar-refractivity contribution in [3.8, 4) is 0 Å². The molecule has 0 spiro atoms. The first-order valence-electron chi connectivity index (χ1n) is 7.06. The Labute approximate surface area is 122 Å². The topological polar surface area (TPSA) is 42.0 Å². The molecule has 3 heteroatoms. The van der Waals surface area contributed by atoms with Crippen LogP contribution in [0.5, 0.6) is 0 Å². The third-order valence-electron chi connectivity index (χ3n) is 3.98. The molecule has 3 nitrogen and oxygen atoms in total. The first-order valence-corrected chi connectivity index (χ1v) is 7.06. The largest absolute Gasteiger partial charge is 0.326 e. The summed E-state index contributed by atoms with van der Waals surface area (Å²) in [6.45, 7) is 0. The predicted molar refractivity (Wildman–Crippen MR) is 83.3 cm³/mol. The van der Waals surface area contributed by atoms with Crippen molar-refractivity contribution in [1.82, 2.24) is 4.98 Å². The molecule has 0 saturated heterocycles. The zero-order chi connectivity index (χ0) is 14.2. The van der Waals surface area contributed by atoms with Crippen LogP contribution < -0.4 is 5.32 Å². The van der Waals surface area contributed by atoms with Gasteiger partial charge in [-0.25, -0.2) is 0 Å². The van der Waals surface area contributed by atoms with Crippen molar-refractivity contribution in [1.29, 1.82) is 0 Å². The molecule has 1 amide bonds. The van der Waals surface area contributed by atoms with Crippen molar-refractivity contribution < 1.29 is 4.79 Å². The molecule has 1 aromatic heterocycles. The van der Waals surface area contributed by atoms with E-state index < -0.39 is 0 Å². The molecule has 1 aliphatic heterocycles. The van der Waals surface area contributed by atoms with Crippen molar-refractivity contribution in [2.45, 2.75) is 12.3 Å². The van der Waals surface area contributed by atoms with Crippen LogP contribution in [-0.4, -0.2) is 10.9 Å². The Balaban J connectivity index is 1.86. The molecule has 0 radical (unpaired) electrons. The van der Waals surface area contributed by atoms with Gasteiger partial charge in [0.25, 0.3) is 0 Å². The molecule has 1 aliphatic rings. The number of nitrogens with one attached hydrogen (secondary N) is 1. The quantitative estimate of drug-likeness (QED) is 0.735. The normalized spacial score (nSPS) is 17.3. The number of carbonyl (C=O) groups is 1. The summed E-state index contributed by atoms with van der Waals surface area (Å²) in [5, 5.41) is 4.05. The van der Waals surface area contributed by atoms with Gasteiger partial charge < -0.3 is 5.32 Å². The number of hydrogen-bond donors (Lipinski definition) is 1. The lowest BCUT2D eigenvalue weighted by Crippen LogP contribution is -2.23. The second-order valence-corrected chi connectivity index (χ2v) is 5.32. The van der Waals surface area contributed by atoms with Crippen molar-refractivity contribution in [3.63, 3.8) is 0 Å².